The van der Waals surface area contributed by atoms with Gasteiger partial charge in [0.1, 0.15) is 0 Å². The molecule has 0 saturated heterocycles. The van der Waals surface area contributed by atoms with Gasteiger partial charge in [-0.25, -0.2) is 9.48 Å². The molecular formula is C13H10N2O5. The van der Waals surface area contributed by atoms with Crippen molar-refractivity contribution in [3.63, 3.8) is 0 Å². The van der Waals surface area contributed by atoms with Crippen molar-refractivity contribution in [2.75, 3.05) is 13.9 Å². The summed E-state index contributed by atoms with van der Waals surface area (Å²) >= 11 is 0. The largest absolute Gasteiger partial charge is 0.464 e. The van der Waals surface area contributed by atoms with E-state index in [4.69, 9.17) is 9.47 Å². The van der Waals surface area contributed by atoms with E-state index < -0.39 is 11.4 Å². The van der Waals surface area contributed by atoms with Gasteiger partial charge in [-0.1, -0.05) is 0 Å². The Kier molecular flexibility index (Phi) is 2.86. The number of nitrogens with zero attached hydrogens (tertiary/aromatic N) is 2. The van der Waals surface area contributed by atoms with Crippen LogP contribution in [0.5, 0.6) is 11.5 Å². The Morgan fingerprint density at radius 1 is 1.30 bits per heavy atom. The lowest BCUT2D eigenvalue weighted by Crippen LogP contribution is -2.21. The fraction of sp³-hybridized carbons (Fsp3) is 0.154. The molecule has 102 valence electrons. The zero-order valence-corrected chi connectivity index (χ0v) is 10.5. The molecule has 0 aliphatic carbocycles. The summed E-state index contributed by atoms with van der Waals surface area (Å²) in [7, 11) is 1.20. The first-order chi connectivity index (χ1) is 9.69. The van der Waals surface area contributed by atoms with Crippen LogP contribution in [0, 0.1) is 0 Å². The third-order valence-electron chi connectivity index (χ3n) is 2.81. The number of methoxy groups -OCH3 is 1. The summed E-state index contributed by atoms with van der Waals surface area (Å²) in [5, 5.41) is 3.97. The number of fused-ring (bicyclic) bond motifs is 1. The summed E-state index contributed by atoms with van der Waals surface area (Å²) in [5.41, 5.74) is -0.124. The predicted octanol–water partition coefficient (Wildman–Crippen LogP) is 0.748. The highest BCUT2D eigenvalue weighted by Gasteiger charge is 2.16. The Labute approximate surface area is 113 Å². The standard InChI is InChI=1S/C13H10N2O5/c1-18-13(17)12-9(16)4-5-15(14-12)8-2-3-10-11(6-8)20-7-19-10/h2-6H,7H2,1H3. The highest BCUT2D eigenvalue weighted by molar-refractivity contribution is 5.86. The smallest absolute Gasteiger partial charge is 0.362 e. The molecule has 0 saturated carbocycles. The van der Waals surface area contributed by atoms with Crippen LogP contribution in [-0.4, -0.2) is 29.7 Å². The summed E-state index contributed by atoms with van der Waals surface area (Å²) in [5.74, 6) is 0.454. The molecule has 2 aromatic rings. The average molecular weight is 274 g/mol. The third kappa shape index (κ3) is 1.99. The van der Waals surface area contributed by atoms with Gasteiger partial charge in [-0.15, -0.1) is 0 Å². The Balaban J connectivity index is 2.06. The molecule has 1 aliphatic rings. The number of carbonyl (C=O) groups is 1. The second-order valence-electron chi connectivity index (χ2n) is 4.00. The van der Waals surface area contributed by atoms with Gasteiger partial charge >= 0.3 is 5.97 Å². The van der Waals surface area contributed by atoms with Gasteiger partial charge in [-0.05, 0) is 12.1 Å². The minimum Gasteiger partial charge on any atom is -0.464 e. The maximum absolute atomic E-state index is 11.6. The van der Waals surface area contributed by atoms with Crippen LogP contribution in [0.25, 0.3) is 5.69 Å². The summed E-state index contributed by atoms with van der Waals surface area (Å²) in [4.78, 5) is 23.0. The molecule has 0 amide bonds. The van der Waals surface area contributed by atoms with Crippen LogP contribution in [0.2, 0.25) is 0 Å². The van der Waals surface area contributed by atoms with Crippen molar-refractivity contribution >= 4 is 5.97 Å². The molecule has 0 fully saturated rings. The van der Waals surface area contributed by atoms with Crippen molar-refractivity contribution in [1.29, 1.82) is 0 Å². The quantitative estimate of drug-likeness (QED) is 0.752. The molecule has 7 nitrogen and oxygen atoms in total. The molecule has 0 atom stereocenters. The lowest BCUT2D eigenvalue weighted by molar-refractivity contribution is 0.0590. The Hall–Kier alpha value is -2.83. The van der Waals surface area contributed by atoms with Crippen LogP contribution in [0.4, 0.5) is 0 Å². The predicted molar refractivity (Wildman–Crippen MR) is 67.3 cm³/mol. The fourth-order valence-electron chi connectivity index (χ4n) is 1.82. The van der Waals surface area contributed by atoms with Crippen molar-refractivity contribution in [3.8, 4) is 17.2 Å². The molecule has 0 spiro atoms. The van der Waals surface area contributed by atoms with Gasteiger partial charge < -0.3 is 14.2 Å². The van der Waals surface area contributed by atoms with Gasteiger partial charge in [0.05, 0.1) is 12.8 Å². The van der Waals surface area contributed by atoms with Crippen molar-refractivity contribution in [2.24, 2.45) is 0 Å². The monoisotopic (exact) mass is 274 g/mol. The lowest BCUT2D eigenvalue weighted by Gasteiger charge is -2.07. The van der Waals surface area contributed by atoms with Crippen LogP contribution in [0.3, 0.4) is 0 Å². The molecule has 0 N–H and O–H groups in total. The molecule has 0 bridgehead atoms. The van der Waals surface area contributed by atoms with Crippen LogP contribution >= 0.6 is 0 Å². The maximum Gasteiger partial charge on any atom is 0.362 e. The highest BCUT2D eigenvalue weighted by atomic mass is 16.7. The molecular weight excluding hydrogens is 264 g/mol. The van der Waals surface area contributed by atoms with E-state index in [-0.39, 0.29) is 12.5 Å². The van der Waals surface area contributed by atoms with E-state index >= 15 is 0 Å². The van der Waals surface area contributed by atoms with Gasteiger partial charge in [0, 0.05) is 18.3 Å². The second-order valence-corrected chi connectivity index (χ2v) is 4.00. The normalized spacial score (nSPS) is 12.2. The van der Waals surface area contributed by atoms with Gasteiger partial charge in [0.2, 0.25) is 17.9 Å². The van der Waals surface area contributed by atoms with Gasteiger partial charge in [0.15, 0.2) is 11.5 Å². The van der Waals surface area contributed by atoms with Crippen LogP contribution in [0.15, 0.2) is 35.3 Å². The summed E-state index contributed by atoms with van der Waals surface area (Å²) in [6, 6.07) is 6.44. The molecule has 0 radical (unpaired) electrons. The first kappa shape index (κ1) is 12.2. The number of ether oxygens (including phenoxy) is 3. The van der Waals surface area contributed by atoms with E-state index in [1.54, 1.807) is 18.2 Å². The third-order valence-corrected chi connectivity index (χ3v) is 2.81. The molecule has 0 unspecified atom stereocenters. The number of aromatic nitrogens is 2. The van der Waals surface area contributed by atoms with E-state index in [0.29, 0.717) is 17.2 Å². The van der Waals surface area contributed by atoms with Crippen molar-refractivity contribution in [1.82, 2.24) is 9.78 Å². The minimum absolute atomic E-state index is 0.170. The minimum atomic E-state index is -0.773. The number of benzene rings is 1. The van der Waals surface area contributed by atoms with Crippen LogP contribution in [0.1, 0.15) is 10.5 Å². The zero-order chi connectivity index (χ0) is 14.1. The van der Waals surface area contributed by atoms with Crippen molar-refractivity contribution < 1.29 is 19.0 Å². The van der Waals surface area contributed by atoms with Gasteiger partial charge in [0.25, 0.3) is 0 Å². The molecule has 7 heteroatoms. The number of hydrogen-bond acceptors (Lipinski definition) is 6. The average Bonchev–Trinajstić information content (AvgIpc) is 2.94. The highest BCUT2D eigenvalue weighted by Crippen LogP contribution is 2.33. The van der Waals surface area contributed by atoms with Crippen LogP contribution in [-0.2, 0) is 4.74 Å². The number of rotatable bonds is 2. The van der Waals surface area contributed by atoms with Crippen molar-refractivity contribution in [2.45, 2.75) is 0 Å². The molecule has 1 aromatic carbocycles. The van der Waals surface area contributed by atoms with E-state index in [9.17, 15) is 9.59 Å². The summed E-state index contributed by atoms with van der Waals surface area (Å²) < 4.78 is 16.4. The van der Waals surface area contributed by atoms with Crippen molar-refractivity contribution in [3.05, 3.63) is 46.4 Å². The summed E-state index contributed by atoms with van der Waals surface area (Å²) in [6.07, 6.45) is 1.46. The first-order valence-corrected chi connectivity index (χ1v) is 5.77. The Morgan fingerprint density at radius 3 is 2.90 bits per heavy atom. The van der Waals surface area contributed by atoms with E-state index in [1.165, 1.54) is 24.1 Å². The zero-order valence-electron chi connectivity index (χ0n) is 10.5. The number of hydrogen-bond donors (Lipinski definition) is 0. The van der Waals surface area contributed by atoms with E-state index in [1.807, 2.05) is 0 Å². The number of esters is 1. The van der Waals surface area contributed by atoms with E-state index in [2.05, 4.69) is 9.84 Å². The molecule has 20 heavy (non-hydrogen) atoms. The van der Waals surface area contributed by atoms with E-state index in [0.717, 1.165) is 0 Å². The first-order valence-electron chi connectivity index (χ1n) is 5.77. The maximum atomic E-state index is 11.6. The summed E-state index contributed by atoms with van der Waals surface area (Å²) in [6.45, 7) is 0.170. The molecule has 3 rings (SSSR count). The molecule has 1 aliphatic heterocycles. The van der Waals surface area contributed by atoms with Gasteiger partial charge in [-0.3, -0.25) is 4.79 Å². The SMILES string of the molecule is COC(=O)c1nn(-c2ccc3c(c2)OCO3)ccc1=O. The van der Waals surface area contributed by atoms with Gasteiger partial charge in [-0.2, -0.15) is 5.10 Å². The fourth-order valence-corrected chi connectivity index (χ4v) is 1.82. The lowest BCUT2D eigenvalue weighted by atomic mass is 10.3. The van der Waals surface area contributed by atoms with Crippen LogP contribution < -0.4 is 14.9 Å². The molecule has 2 heterocycles. The number of carbonyl (C=O) groups excluding carboxylic acids is 1. The Bertz CT molecular complexity index is 738. The second kappa shape index (κ2) is 4.69. The Morgan fingerprint density at radius 2 is 2.10 bits per heavy atom. The topological polar surface area (TPSA) is 79.7 Å². The molecule has 1 aromatic heterocycles.